The average Bonchev–Trinajstić information content (AvgIpc) is 2.73. The summed E-state index contributed by atoms with van der Waals surface area (Å²) in [5, 5.41) is 8.65. The quantitative estimate of drug-likeness (QED) is 0.724. The molecule has 1 aliphatic rings. The summed E-state index contributed by atoms with van der Waals surface area (Å²) in [6.45, 7) is 3.36. The van der Waals surface area contributed by atoms with Crippen LogP contribution in [0.3, 0.4) is 0 Å². The molecular weight excluding hydrogens is 399 g/mol. The van der Waals surface area contributed by atoms with Crippen molar-refractivity contribution in [2.45, 2.75) is 31.7 Å². The molecule has 2 aromatic carbocycles. The molecule has 0 bridgehead atoms. The smallest absolute Gasteiger partial charge is 0.416 e. The van der Waals surface area contributed by atoms with Gasteiger partial charge in [0.2, 0.25) is 0 Å². The molecule has 30 heavy (non-hydrogen) atoms. The number of aliphatic carboxylic acids is 1. The molecule has 0 amide bonds. The summed E-state index contributed by atoms with van der Waals surface area (Å²) in [5.41, 5.74) is 0.924. The van der Waals surface area contributed by atoms with Crippen LogP contribution in [0.2, 0.25) is 0 Å². The summed E-state index contributed by atoms with van der Waals surface area (Å²) in [4.78, 5) is 12.8. The maximum atomic E-state index is 13.0. The van der Waals surface area contributed by atoms with Crippen LogP contribution in [0, 0.1) is 0 Å². The van der Waals surface area contributed by atoms with Gasteiger partial charge in [0.05, 0.1) is 18.3 Å². The fourth-order valence-corrected chi connectivity index (χ4v) is 3.52. The van der Waals surface area contributed by atoms with Crippen LogP contribution in [0.5, 0.6) is 5.75 Å². The van der Waals surface area contributed by atoms with E-state index in [1.165, 1.54) is 6.07 Å². The lowest BCUT2D eigenvalue weighted by Gasteiger charge is -2.37. The van der Waals surface area contributed by atoms with Gasteiger partial charge >= 0.3 is 12.1 Å². The molecule has 2 aromatic rings. The van der Waals surface area contributed by atoms with Crippen LogP contribution in [0.1, 0.15) is 29.7 Å². The second kappa shape index (κ2) is 9.49. The van der Waals surface area contributed by atoms with E-state index in [0.717, 1.165) is 24.1 Å². The van der Waals surface area contributed by atoms with Crippen LogP contribution in [0.25, 0.3) is 0 Å². The Bertz CT molecular complexity index is 854. The zero-order valence-electron chi connectivity index (χ0n) is 16.6. The van der Waals surface area contributed by atoms with Crippen LogP contribution >= 0.6 is 0 Å². The average molecular weight is 423 g/mol. The van der Waals surface area contributed by atoms with Crippen LogP contribution in [0.15, 0.2) is 48.5 Å². The van der Waals surface area contributed by atoms with E-state index < -0.39 is 23.8 Å². The topological polar surface area (TPSA) is 59.0 Å². The highest BCUT2D eigenvalue weighted by molar-refractivity contribution is 5.68. The first-order chi connectivity index (χ1) is 14.2. The van der Waals surface area contributed by atoms with Crippen molar-refractivity contribution in [1.82, 2.24) is 4.90 Å². The van der Waals surface area contributed by atoms with Gasteiger partial charge < -0.3 is 14.6 Å². The number of rotatable bonds is 7. The van der Waals surface area contributed by atoms with E-state index in [2.05, 4.69) is 11.8 Å². The first-order valence-electron chi connectivity index (χ1n) is 9.68. The number of halogens is 3. The number of alkyl halides is 3. The monoisotopic (exact) mass is 423 g/mol. The number of morpholine rings is 1. The van der Waals surface area contributed by atoms with Crippen molar-refractivity contribution in [1.29, 1.82) is 0 Å². The van der Waals surface area contributed by atoms with E-state index in [-0.39, 0.29) is 12.6 Å². The molecule has 2 unspecified atom stereocenters. The zero-order chi connectivity index (χ0) is 21.7. The largest absolute Gasteiger partial charge is 0.482 e. The third-order valence-corrected chi connectivity index (χ3v) is 5.12. The van der Waals surface area contributed by atoms with Crippen molar-refractivity contribution in [3.8, 4) is 5.75 Å². The number of hydrogen-bond acceptors (Lipinski definition) is 4. The van der Waals surface area contributed by atoms with Gasteiger partial charge in [-0.05, 0) is 48.7 Å². The minimum absolute atomic E-state index is 0.160. The summed E-state index contributed by atoms with van der Waals surface area (Å²) < 4.78 is 49.9. The van der Waals surface area contributed by atoms with Crippen LogP contribution in [-0.4, -0.2) is 48.3 Å². The summed E-state index contributed by atoms with van der Waals surface area (Å²) in [6, 6.07) is 12.7. The zero-order valence-corrected chi connectivity index (χ0v) is 16.6. The first-order valence-corrected chi connectivity index (χ1v) is 9.68. The Labute approximate surface area is 173 Å². The molecule has 0 radical (unpaired) electrons. The maximum Gasteiger partial charge on any atom is 0.416 e. The Morgan fingerprint density at radius 1 is 1.27 bits per heavy atom. The van der Waals surface area contributed by atoms with E-state index >= 15 is 0 Å². The molecule has 8 heteroatoms. The molecule has 5 nitrogen and oxygen atoms in total. The van der Waals surface area contributed by atoms with E-state index in [0.29, 0.717) is 31.0 Å². The van der Waals surface area contributed by atoms with Crippen LogP contribution in [0.4, 0.5) is 13.2 Å². The third kappa shape index (κ3) is 5.96. The van der Waals surface area contributed by atoms with Crippen molar-refractivity contribution < 1.29 is 32.5 Å². The van der Waals surface area contributed by atoms with Gasteiger partial charge in [0.15, 0.2) is 6.61 Å². The lowest BCUT2D eigenvalue weighted by Crippen LogP contribution is -2.44. The molecule has 162 valence electrons. The number of nitrogens with zero attached hydrogens (tertiary/aromatic N) is 1. The predicted molar refractivity (Wildman–Crippen MR) is 104 cm³/mol. The van der Waals surface area contributed by atoms with E-state index in [4.69, 9.17) is 14.6 Å². The van der Waals surface area contributed by atoms with E-state index in [9.17, 15) is 18.0 Å². The number of carbonyl (C=O) groups is 1. The Morgan fingerprint density at radius 2 is 2.00 bits per heavy atom. The molecule has 2 atom stereocenters. The Kier molecular flexibility index (Phi) is 6.99. The summed E-state index contributed by atoms with van der Waals surface area (Å²) in [7, 11) is 0. The summed E-state index contributed by atoms with van der Waals surface area (Å²) in [6.07, 6.45) is -4.04. The molecule has 1 fully saturated rings. The van der Waals surface area contributed by atoms with Gasteiger partial charge in [0.25, 0.3) is 0 Å². The highest BCUT2D eigenvalue weighted by Gasteiger charge is 2.32. The fraction of sp³-hybridized carbons (Fsp3) is 0.409. The van der Waals surface area contributed by atoms with Gasteiger partial charge in [-0.25, -0.2) is 4.79 Å². The van der Waals surface area contributed by atoms with E-state index in [1.54, 1.807) is 18.2 Å². The van der Waals surface area contributed by atoms with E-state index in [1.807, 2.05) is 12.1 Å². The highest BCUT2D eigenvalue weighted by atomic mass is 19.4. The maximum absolute atomic E-state index is 13.0. The van der Waals surface area contributed by atoms with Gasteiger partial charge in [0, 0.05) is 19.1 Å². The second-order valence-electron chi connectivity index (χ2n) is 7.36. The van der Waals surface area contributed by atoms with Gasteiger partial charge in [-0.15, -0.1) is 0 Å². The predicted octanol–water partition coefficient (Wildman–Crippen LogP) is 4.17. The summed E-state index contributed by atoms with van der Waals surface area (Å²) >= 11 is 0. The van der Waals surface area contributed by atoms with Crippen LogP contribution < -0.4 is 4.74 Å². The SMILES string of the molecule is CC(Cc1ccc(OCC(=O)O)cc1)N1CCOC(c2cccc(C(F)(F)F)c2)C1. The Morgan fingerprint density at radius 3 is 2.67 bits per heavy atom. The molecule has 0 spiro atoms. The Hall–Kier alpha value is -2.58. The van der Waals surface area contributed by atoms with Gasteiger partial charge in [0.1, 0.15) is 5.75 Å². The summed E-state index contributed by atoms with van der Waals surface area (Å²) in [5.74, 6) is -0.542. The third-order valence-electron chi connectivity index (χ3n) is 5.12. The lowest BCUT2D eigenvalue weighted by atomic mass is 10.0. The van der Waals surface area contributed by atoms with Crippen molar-refractivity contribution in [3.63, 3.8) is 0 Å². The number of benzene rings is 2. The first kappa shape index (κ1) is 22.1. The fourth-order valence-electron chi connectivity index (χ4n) is 3.52. The minimum Gasteiger partial charge on any atom is -0.482 e. The standard InChI is InChI=1S/C22H24F3NO4/c1-15(11-16-5-7-19(8-6-16)30-14-21(27)28)26-9-10-29-20(13-26)17-3-2-4-18(12-17)22(23,24)25/h2-8,12,15,20H,9-11,13-14H2,1H3,(H,27,28). The van der Waals surface area contributed by atoms with Crippen molar-refractivity contribution in [2.24, 2.45) is 0 Å². The van der Waals surface area contributed by atoms with Crippen molar-refractivity contribution in [3.05, 3.63) is 65.2 Å². The molecular formula is C22H24F3NO4. The molecule has 3 rings (SSSR count). The Balaban J connectivity index is 1.60. The molecule has 1 aliphatic heterocycles. The molecule has 0 aliphatic carbocycles. The second-order valence-corrected chi connectivity index (χ2v) is 7.36. The molecule has 1 N–H and O–H groups in total. The van der Waals surface area contributed by atoms with Gasteiger partial charge in [-0.2, -0.15) is 13.2 Å². The lowest BCUT2D eigenvalue weighted by molar-refractivity contribution is -0.139. The van der Waals surface area contributed by atoms with Gasteiger partial charge in [-0.3, -0.25) is 4.90 Å². The number of carboxylic acids is 1. The van der Waals surface area contributed by atoms with Crippen LogP contribution in [-0.2, 0) is 22.1 Å². The number of hydrogen-bond donors (Lipinski definition) is 1. The van der Waals surface area contributed by atoms with Crippen molar-refractivity contribution in [2.75, 3.05) is 26.3 Å². The number of ether oxygens (including phenoxy) is 2. The molecule has 0 saturated carbocycles. The normalized spacial score (nSPS) is 18.7. The van der Waals surface area contributed by atoms with Gasteiger partial charge in [-0.1, -0.05) is 24.3 Å². The van der Waals surface area contributed by atoms with Crippen molar-refractivity contribution >= 4 is 5.97 Å². The molecule has 1 heterocycles. The molecule has 0 aromatic heterocycles. The highest BCUT2D eigenvalue weighted by Crippen LogP contribution is 2.32. The molecule has 1 saturated heterocycles. The number of carboxylic acid groups (broad SMARTS) is 1. The minimum atomic E-state index is -4.38.